The predicted molar refractivity (Wildman–Crippen MR) is 76.0 cm³/mol. The number of anilines is 1. The van der Waals surface area contributed by atoms with E-state index in [0.29, 0.717) is 19.2 Å². The minimum Gasteiger partial charge on any atom is -0.448 e. The molecule has 7 nitrogen and oxygen atoms in total. The van der Waals surface area contributed by atoms with Crippen molar-refractivity contribution in [3.8, 4) is 0 Å². The minimum absolute atomic E-state index is 0.0219. The van der Waals surface area contributed by atoms with Crippen LogP contribution >= 0.6 is 0 Å². The quantitative estimate of drug-likeness (QED) is 0.916. The average Bonchev–Trinajstić information content (AvgIpc) is 3.15. The number of ether oxygens (including phenoxy) is 1. The molecule has 2 fully saturated rings. The fourth-order valence-electron chi connectivity index (χ4n) is 2.94. The molecule has 0 unspecified atom stereocenters. The van der Waals surface area contributed by atoms with Gasteiger partial charge in [0.05, 0.1) is 18.8 Å². The van der Waals surface area contributed by atoms with Gasteiger partial charge < -0.3 is 10.1 Å². The number of nitrogens with zero attached hydrogens (tertiary/aromatic N) is 3. The van der Waals surface area contributed by atoms with Crippen molar-refractivity contribution in [2.75, 3.05) is 25.0 Å². The number of cyclic esters (lactones) is 1. The Balaban J connectivity index is 1.67. The van der Waals surface area contributed by atoms with Gasteiger partial charge in [0.15, 0.2) is 0 Å². The summed E-state index contributed by atoms with van der Waals surface area (Å²) in [6.07, 6.45) is 5.96. The highest BCUT2D eigenvalue weighted by atomic mass is 16.6. The lowest BCUT2D eigenvalue weighted by atomic mass is 10.2. The molecule has 1 saturated carbocycles. The van der Waals surface area contributed by atoms with E-state index in [2.05, 4.69) is 10.4 Å². The van der Waals surface area contributed by atoms with E-state index in [1.807, 2.05) is 11.6 Å². The first-order chi connectivity index (χ1) is 10.1. The normalized spacial score (nSPS) is 19.1. The molecule has 0 radical (unpaired) electrons. The number of hydrogen-bond donors (Lipinski definition) is 1. The van der Waals surface area contributed by atoms with Crippen LogP contribution in [-0.2, 0) is 9.53 Å². The molecule has 21 heavy (non-hydrogen) atoms. The van der Waals surface area contributed by atoms with Gasteiger partial charge in [0.25, 0.3) is 0 Å². The number of carbonyl (C=O) groups is 2. The molecule has 7 heteroatoms. The van der Waals surface area contributed by atoms with Crippen LogP contribution < -0.4 is 5.32 Å². The maximum atomic E-state index is 12.1. The van der Waals surface area contributed by atoms with Gasteiger partial charge in [-0.15, -0.1) is 0 Å². The molecule has 0 spiro atoms. The third-order valence-corrected chi connectivity index (χ3v) is 4.09. The van der Waals surface area contributed by atoms with Gasteiger partial charge in [-0.25, -0.2) is 9.48 Å². The van der Waals surface area contributed by atoms with Gasteiger partial charge in [0.1, 0.15) is 19.0 Å². The van der Waals surface area contributed by atoms with Crippen molar-refractivity contribution in [3.63, 3.8) is 0 Å². The summed E-state index contributed by atoms with van der Waals surface area (Å²) in [7, 11) is 0. The molecule has 3 rings (SSSR count). The van der Waals surface area contributed by atoms with E-state index in [1.165, 1.54) is 17.7 Å². The van der Waals surface area contributed by atoms with Crippen molar-refractivity contribution in [2.45, 2.75) is 38.6 Å². The van der Waals surface area contributed by atoms with Gasteiger partial charge in [0.2, 0.25) is 5.91 Å². The maximum absolute atomic E-state index is 12.1. The lowest BCUT2D eigenvalue weighted by molar-refractivity contribution is -0.116. The summed E-state index contributed by atoms with van der Waals surface area (Å²) >= 11 is 0. The van der Waals surface area contributed by atoms with E-state index in [4.69, 9.17) is 4.74 Å². The predicted octanol–water partition coefficient (Wildman–Crippen LogP) is 1.70. The van der Waals surface area contributed by atoms with Crippen LogP contribution in [0.25, 0.3) is 0 Å². The average molecular weight is 292 g/mol. The third-order valence-electron chi connectivity index (χ3n) is 4.09. The summed E-state index contributed by atoms with van der Waals surface area (Å²) in [6, 6.07) is 0.366. The van der Waals surface area contributed by atoms with Crippen molar-refractivity contribution in [3.05, 3.63) is 11.8 Å². The lowest BCUT2D eigenvalue weighted by Gasteiger charge is -2.17. The Morgan fingerprint density at radius 3 is 2.90 bits per heavy atom. The van der Waals surface area contributed by atoms with Crippen LogP contribution in [0.3, 0.4) is 0 Å². The number of nitrogens with one attached hydrogen (secondary N) is 1. The molecule has 1 aliphatic heterocycles. The van der Waals surface area contributed by atoms with E-state index >= 15 is 0 Å². The van der Waals surface area contributed by atoms with Gasteiger partial charge in [-0.2, -0.15) is 5.10 Å². The fourth-order valence-corrected chi connectivity index (χ4v) is 2.94. The molecule has 1 saturated heterocycles. The molecule has 0 bridgehead atoms. The van der Waals surface area contributed by atoms with E-state index in [1.54, 1.807) is 6.20 Å². The number of amides is 2. The zero-order valence-corrected chi connectivity index (χ0v) is 12.2. The Morgan fingerprint density at radius 2 is 2.24 bits per heavy atom. The highest BCUT2D eigenvalue weighted by Gasteiger charge is 2.26. The van der Waals surface area contributed by atoms with Crippen LogP contribution in [0.2, 0.25) is 0 Å². The highest BCUT2D eigenvalue weighted by Crippen LogP contribution is 2.32. The lowest BCUT2D eigenvalue weighted by Crippen LogP contribution is -2.34. The Labute approximate surface area is 123 Å². The largest absolute Gasteiger partial charge is 0.448 e. The molecule has 2 aliphatic rings. The van der Waals surface area contributed by atoms with Crippen LogP contribution in [-0.4, -0.2) is 46.4 Å². The number of hydrogen-bond acceptors (Lipinski definition) is 4. The van der Waals surface area contributed by atoms with Crippen molar-refractivity contribution >= 4 is 17.8 Å². The van der Waals surface area contributed by atoms with E-state index < -0.39 is 6.09 Å². The molecule has 1 N–H and O–H groups in total. The number of carbonyl (C=O) groups excluding carboxylic acids is 2. The number of aromatic nitrogens is 2. The highest BCUT2D eigenvalue weighted by molar-refractivity contribution is 5.93. The van der Waals surface area contributed by atoms with Crippen LogP contribution in [0.4, 0.5) is 10.6 Å². The second-order valence-electron chi connectivity index (χ2n) is 5.64. The Hall–Kier alpha value is -2.05. The van der Waals surface area contributed by atoms with Crippen LogP contribution in [0.15, 0.2) is 6.20 Å². The van der Waals surface area contributed by atoms with Crippen LogP contribution in [0.1, 0.15) is 37.3 Å². The van der Waals surface area contributed by atoms with E-state index in [9.17, 15) is 9.59 Å². The zero-order valence-electron chi connectivity index (χ0n) is 12.2. The fraction of sp³-hybridized carbons (Fsp3) is 0.643. The van der Waals surface area contributed by atoms with Crippen molar-refractivity contribution in [1.82, 2.24) is 14.7 Å². The second-order valence-corrected chi connectivity index (χ2v) is 5.64. The molecule has 2 amide bonds. The van der Waals surface area contributed by atoms with Crippen molar-refractivity contribution < 1.29 is 14.3 Å². The monoisotopic (exact) mass is 292 g/mol. The molecule has 1 aromatic rings. The summed E-state index contributed by atoms with van der Waals surface area (Å²) < 4.78 is 6.74. The summed E-state index contributed by atoms with van der Waals surface area (Å²) in [5, 5.41) is 7.29. The van der Waals surface area contributed by atoms with E-state index in [0.717, 1.165) is 24.2 Å². The first-order valence-corrected chi connectivity index (χ1v) is 7.41. The molecular weight excluding hydrogens is 272 g/mol. The van der Waals surface area contributed by atoms with Gasteiger partial charge in [-0.1, -0.05) is 12.8 Å². The topological polar surface area (TPSA) is 76.5 Å². The molecule has 2 heterocycles. The number of rotatable bonds is 4. The smallest absolute Gasteiger partial charge is 0.410 e. The Morgan fingerprint density at radius 1 is 1.48 bits per heavy atom. The van der Waals surface area contributed by atoms with Gasteiger partial charge in [0, 0.05) is 5.56 Å². The molecular formula is C14H20N4O3. The summed E-state index contributed by atoms with van der Waals surface area (Å²) in [4.78, 5) is 24.9. The van der Waals surface area contributed by atoms with Crippen LogP contribution in [0.5, 0.6) is 0 Å². The zero-order chi connectivity index (χ0) is 14.8. The molecule has 0 aromatic carbocycles. The van der Waals surface area contributed by atoms with Gasteiger partial charge in [-0.3, -0.25) is 9.69 Å². The van der Waals surface area contributed by atoms with Crippen molar-refractivity contribution in [1.29, 1.82) is 0 Å². The standard InChI is InChI=1S/C14H20N4O3/c1-10-8-15-18(11-4-2-3-5-11)13(10)16-12(19)9-17-6-7-21-14(17)20/h8,11H,2-7,9H2,1H3,(H,16,19). The first-order valence-electron chi connectivity index (χ1n) is 7.41. The maximum Gasteiger partial charge on any atom is 0.410 e. The van der Waals surface area contributed by atoms with Gasteiger partial charge >= 0.3 is 6.09 Å². The third kappa shape index (κ3) is 2.86. The minimum atomic E-state index is -0.425. The molecule has 0 atom stereocenters. The van der Waals surface area contributed by atoms with Crippen LogP contribution in [0, 0.1) is 6.92 Å². The first kappa shape index (κ1) is 13.9. The molecule has 114 valence electrons. The SMILES string of the molecule is Cc1cnn(C2CCCC2)c1NC(=O)CN1CCOC1=O. The summed E-state index contributed by atoms with van der Waals surface area (Å²) in [5.41, 5.74) is 0.944. The van der Waals surface area contributed by atoms with E-state index in [-0.39, 0.29) is 12.5 Å². The summed E-state index contributed by atoms with van der Waals surface area (Å²) in [5.74, 6) is 0.538. The molecule has 1 aliphatic carbocycles. The van der Waals surface area contributed by atoms with Crippen molar-refractivity contribution in [2.24, 2.45) is 0 Å². The summed E-state index contributed by atoms with van der Waals surface area (Å²) in [6.45, 7) is 2.77. The molecule has 1 aromatic heterocycles. The number of aryl methyl sites for hydroxylation is 1. The Kier molecular flexibility index (Phi) is 3.81. The Bertz CT molecular complexity index is 548. The van der Waals surface area contributed by atoms with Gasteiger partial charge in [-0.05, 0) is 19.8 Å². The second kappa shape index (κ2) is 5.75.